The first kappa shape index (κ1) is 14.8. The number of piperazine rings is 1. The summed E-state index contributed by atoms with van der Waals surface area (Å²) in [7, 11) is 1.59. The number of rotatable bonds is 5. The van der Waals surface area contributed by atoms with Gasteiger partial charge in [0.15, 0.2) is 5.78 Å². The Hall–Kier alpha value is -1.59. The second kappa shape index (κ2) is 6.72. The van der Waals surface area contributed by atoms with Gasteiger partial charge in [0.05, 0.1) is 25.0 Å². The first-order chi connectivity index (χ1) is 9.67. The van der Waals surface area contributed by atoms with E-state index in [0.717, 1.165) is 31.9 Å². The molecule has 5 heteroatoms. The molecule has 0 atom stereocenters. The van der Waals surface area contributed by atoms with Gasteiger partial charge >= 0.3 is 0 Å². The molecule has 1 heterocycles. The molecule has 2 rings (SSSR count). The number of carbonyl (C=O) groups is 1. The van der Waals surface area contributed by atoms with Crippen molar-refractivity contribution in [3.63, 3.8) is 0 Å². The molecule has 1 saturated heterocycles. The summed E-state index contributed by atoms with van der Waals surface area (Å²) in [5.41, 5.74) is 1.60. The molecule has 0 amide bonds. The summed E-state index contributed by atoms with van der Waals surface area (Å²) >= 11 is 0. The van der Waals surface area contributed by atoms with Gasteiger partial charge in [-0.05, 0) is 19.1 Å². The van der Waals surface area contributed by atoms with Gasteiger partial charge < -0.3 is 14.7 Å². The van der Waals surface area contributed by atoms with Crippen LogP contribution in [0.4, 0.5) is 5.69 Å². The number of hydrogen-bond acceptors (Lipinski definition) is 5. The van der Waals surface area contributed by atoms with Crippen molar-refractivity contribution in [1.82, 2.24) is 4.90 Å². The smallest absolute Gasteiger partial charge is 0.165 e. The number of ketones is 1. The largest absolute Gasteiger partial charge is 0.496 e. The van der Waals surface area contributed by atoms with Gasteiger partial charge in [0.2, 0.25) is 0 Å². The Kier molecular flexibility index (Phi) is 4.98. The fraction of sp³-hybridized carbons (Fsp3) is 0.533. The van der Waals surface area contributed by atoms with Gasteiger partial charge in [0, 0.05) is 32.7 Å². The minimum atomic E-state index is 0.0234. The monoisotopic (exact) mass is 278 g/mol. The van der Waals surface area contributed by atoms with E-state index in [-0.39, 0.29) is 12.4 Å². The van der Waals surface area contributed by atoms with Gasteiger partial charge in [-0.3, -0.25) is 9.69 Å². The van der Waals surface area contributed by atoms with E-state index < -0.39 is 0 Å². The molecule has 0 aromatic heterocycles. The number of benzene rings is 1. The van der Waals surface area contributed by atoms with Gasteiger partial charge in [-0.15, -0.1) is 0 Å². The van der Waals surface area contributed by atoms with Crippen molar-refractivity contribution in [2.24, 2.45) is 0 Å². The molecule has 0 unspecified atom stereocenters. The number of β-amino-alcohol motifs (C(OH)–C–C–N with tert-alkyl or cyclic N) is 1. The number of hydrogen-bond donors (Lipinski definition) is 1. The maximum atomic E-state index is 11.9. The molecule has 1 aromatic carbocycles. The van der Waals surface area contributed by atoms with Crippen molar-refractivity contribution in [3.05, 3.63) is 23.8 Å². The normalized spacial score (nSPS) is 16.2. The molecule has 110 valence electrons. The number of aliphatic hydroxyl groups is 1. The van der Waals surface area contributed by atoms with Gasteiger partial charge in [-0.25, -0.2) is 0 Å². The standard InChI is InChI=1S/C15H22N2O3/c1-12(19)15-13(4-3-5-14(15)20-2)17-8-6-16(7-9-17)10-11-18/h3-5,18H,6-11H2,1-2H3. The predicted molar refractivity (Wildman–Crippen MR) is 78.7 cm³/mol. The first-order valence-corrected chi connectivity index (χ1v) is 6.93. The number of carbonyl (C=O) groups excluding carboxylic acids is 1. The zero-order valence-corrected chi connectivity index (χ0v) is 12.1. The Morgan fingerprint density at radius 2 is 2.00 bits per heavy atom. The third-order valence-electron chi connectivity index (χ3n) is 3.71. The molecule has 0 spiro atoms. The molecule has 1 aromatic rings. The average molecular weight is 278 g/mol. The third-order valence-corrected chi connectivity index (χ3v) is 3.71. The number of Topliss-reactive ketones (excluding diaryl/α,β-unsaturated/α-hetero) is 1. The number of aliphatic hydroxyl groups excluding tert-OH is 1. The van der Waals surface area contributed by atoms with Crippen molar-refractivity contribution < 1.29 is 14.6 Å². The SMILES string of the molecule is COc1cccc(N2CCN(CCO)CC2)c1C(C)=O. The molecule has 0 bridgehead atoms. The zero-order chi connectivity index (χ0) is 14.5. The van der Waals surface area contributed by atoms with Crippen LogP contribution < -0.4 is 9.64 Å². The highest BCUT2D eigenvalue weighted by atomic mass is 16.5. The van der Waals surface area contributed by atoms with E-state index in [2.05, 4.69) is 9.80 Å². The molecular formula is C15H22N2O3. The summed E-state index contributed by atoms with van der Waals surface area (Å²) in [6.07, 6.45) is 0. The Morgan fingerprint density at radius 1 is 1.30 bits per heavy atom. The van der Waals surface area contributed by atoms with Crippen LogP contribution in [0.25, 0.3) is 0 Å². The molecule has 0 saturated carbocycles. The lowest BCUT2D eigenvalue weighted by molar-refractivity contribution is 0.101. The lowest BCUT2D eigenvalue weighted by Crippen LogP contribution is -2.47. The van der Waals surface area contributed by atoms with E-state index in [1.54, 1.807) is 14.0 Å². The molecule has 5 nitrogen and oxygen atoms in total. The molecule has 20 heavy (non-hydrogen) atoms. The van der Waals surface area contributed by atoms with Crippen LogP contribution in [0.1, 0.15) is 17.3 Å². The van der Waals surface area contributed by atoms with Crippen LogP contribution in [0.15, 0.2) is 18.2 Å². The van der Waals surface area contributed by atoms with Crippen LogP contribution >= 0.6 is 0 Å². The minimum Gasteiger partial charge on any atom is -0.496 e. The summed E-state index contributed by atoms with van der Waals surface area (Å²) in [6, 6.07) is 5.71. The number of methoxy groups -OCH3 is 1. The van der Waals surface area contributed by atoms with Crippen LogP contribution in [-0.2, 0) is 0 Å². The predicted octanol–water partition coefficient (Wildman–Crippen LogP) is 1.01. The lowest BCUT2D eigenvalue weighted by atomic mass is 10.1. The highest BCUT2D eigenvalue weighted by Gasteiger charge is 2.22. The van der Waals surface area contributed by atoms with Crippen LogP contribution in [0, 0.1) is 0 Å². The number of ether oxygens (including phenoxy) is 1. The molecule has 1 fully saturated rings. The topological polar surface area (TPSA) is 53.0 Å². The Balaban J connectivity index is 2.19. The third kappa shape index (κ3) is 3.11. The lowest BCUT2D eigenvalue weighted by Gasteiger charge is -2.36. The van der Waals surface area contributed by atoms with Crippen molar-refractivity contribution in [1.29, 1.82) is 0 Å². The van der Waals surface area contributed by atoms with Crippen molar-refractivity contribution in [2.45, 2.75) is 6.92 Å². The van der Waals surface area contributed by atoms with Gasteiger partial charge in [0.1, 0.15) is 5.75 Å². The van der Waals surface area contributed by atoms with Crippen LogP contribution in [0.2, 0.25) is 0 Å². The van der Waals surface area contributed by atoms with Gasteiger partial charge in [-0.1, -0.05) is 6.07 Å². The van der Waals surface area contributed by atoms with E-state index >= 15 is 0 Å². The average Bonchev–Trinajstić information content (AvgIpc) is 2.47. The van der Waals surface area contributed by atoms with Crippen LogP contribution in [0.5, 0.6) is 5.75 Å². The summed E-state index contributed by atoms with van der Waals surface area (Å²) in [5, 5.41) is 8.97. The fourth-order valence-electron chi connectivity index (χ4n) is 2.66. The molecule has 1 aliphatic heterocycles. The maximum absolute atomic E-state index is 11.9. The number of anilines is 1. The van der Waals surface area contributed by atoms with E-state index in [0.29, 0.717) is 17.9 Å². The molecular weight excluding hydrogens is 256 g/mol. The molecule has 1 N–H and O–H groups in total. The second-order valence-corrected chi connectivity index (χ2v) is 4.96. The van der Waals surface area contributed by atoms with E-state index in [9.17, 15) is 4.79 Å². The van der Waals surface area contributed by atoms with Crippen molar-refractivity contribution in [2.75, 3.05) is 51.3 Å². The highest BCUT2D eigenvalue weighted by molar-refractivity contribution is 6.02. The highest BCUT2D eigenvalue weighted by Crippen LogP contribution is 2.30. The summed E-state index contributed by atoms with van der Waals surface area (Å²) in [4.78, 5) is 16.3. The second-order valence-electron chi connectivity index (χ2n) is 4.96. The molecule has 0 aliphatic carbocycles. The first-order valence-electron chi connectivity index (χ1n) is 6.93. The summed E-state index contributed by atoms with van der Waals surface area (Å²) in [5.74, 6) is 0.656. The number of nitrogens with zero attached hydrogens (tertiary/aromatic N) is 2. The van der Waals surface area contributed by atoms with Crippen LogP contribution in [0.3, 0.4) is 0 Å². The van der Waals surface area contributed by atoms with Gasteiger partial charge in [-0.2, -0.15) is 0 Å². The quantitative estimate of drug-likeness (QED) is 0.815. The summed E-state index contributed by atoms with van der Waals surface area (Å²) in [6.45, 7) is 5.98. The van der Waals surface area contributed by atoms with Crippen molar-refractivity contribution in [3.8, 4) is 5.75 Å². The summed E-state index contributed by atoms with van der Waals surface area (Å²) < 4.78 is 5.31. The van der Waals surface area contributed by atoms with Gasteiger partial charge in [0.25, 0.3) is 0 Å². The minimum absolute atomic E-state index is 0.0234. The van der Waals surface area contributed by atoms with E-state index in [1.165, 1.54) is 0 Å². The van der Waals surface area contributed by atoms with Crippen LogP contribution in [-0.4, -0.2) is 62.2 Å². The van der Waals surface area contributed by atoms with E-state index in [1.807, 2.05) is 18.2 Å². The molecule has 0 radical (unpaired) electrons. The maximum Gasteiger partial charge on any atom is 0.165 e. The molecule has 1 aliphatic rings. The van der Waals surface area contributed by atoms with Crippen molar-refractivity contribution >= 4 is 11.5 Å². The Bertz CT molecular complexity index is 468. The fourth-order valence-corrected chi connectivity index (χ4v) is 2.66. The Morgan fingerprint density at radius 3 is 2.55 bits per heavy atom. The van der Waals surface area contributed by atoms with E-state index in [4.69, 9.17) is 9.84 Å². The zero-order valence-electron chi connectivity index (χ0n) is 12.1. The Labute approximate surface area is 119 Å².